The highest BCUT2D eigenvalue weighted by molar-refractivity contribution is 6.30. The highest BCUT2D eigenvalue weighted by Gasteiger charge is 2.09. The highest BCUT2D eigenvalue weighted by atomic mass is 35.5. The van der Waals surface area contributed by atoms with Crippen molar-refractivity contribution in [2.24, 2.45) is 0 Å². The molecule has 0 unspecified atom stereocenters. The summed E-state index contributed by atoms with van der Waals surface area (Å²) in [4.78, 5) is 16.3. The van der Waals surface area contributed by atoms with Crippen molar-refractivity contribution >= 4 is 23.2 Å². The fourth-order valence-corrected chi connectivity index (χ4v) is 2.54. The van der Waals surface area contributed by atoms with E-state index in [4.69, 9.17) is 21.3 Å². The number of hydrogen-bond acceptors (Lipinski definition) is 4. The largest absolute Gasteiger partial charge is 0.441 e. The van der Waals surface area contributed by atoms with Crippen molar-refractivity contribution in [1.29, 1.82) is 5.26 Å². The number of rotatable bonds is 6. The van der Waals surface area contributed by atoms with E-state index in [1.165, 1.54) is 0 Å². The van der Waals surface area contributed by atoms with E-state index < -0.39 is 0 Å². The average Bonchev–Trinajstić information content (AvgIpc) is 3.11. The molecule has 26 heavy (non-hydrogen) atoms. The molecular formula is C20H16ClN3O2. The molecule has 3 aromatic rings. The van der Waals surface area contributed by atoms with Crippen LogP contribution in [0.15, 0.2) is 59.1 Å². The van der Waals surface area contributed by atoms with Crippen LogP contribution in [-0.2, 0) is 17.6 Å². The number of carbonyl (C=O) groups is 1. The van der Waals surface area contributed by atoms with Gasteiger partial charge in [-0.1, -0.05) is 23.7 Å². The summed E-state index contributed by atoms with van der Waals surface area (Å²) in [6.45, 7) is 0. The fraction of sp³-hybridized carbons (Fsp3) is 0.150. The first-order valence-electron chi connectivity index (χ1n) is 8.10. The molecule has 2 aromatic carbocycles. The Labute approximate surface area is 156 Å². The molecule has 0 aliphatic rings. The average molecular weight is 366 g/mol. The Hall–Kier alpha value is -3.10. The number of hydrogen-bond donors (Lipinski definition) is 1. The smallest absolute Gasteiger partial charge is 0.224 e. The van der Waals surface area contributed by atoms with Crippen molar-refractivity contribution in [1.82, 2.24) is 4.98 Å². The molecular weight excluding hydrogens is 350 g/mol. The predicted octanol–water partition coefficient (Wildman–Crippen LogP) is 4.63. The monoisotopic (exact) mass is 365 g/mol. The standard InChI is InChI=1S/C20H16ClN3O2/c21-16-5-3-15(4-6-16)18-13-23-20(26-18)10-9-19(25)24-17-7-1-14(2-8-17)11-12-22/h1-8,13H,9-11H2,(H,24,25). The Balaban J connectivity index is 1.53. The number of aryl methyl sites for hydroxylation is 1. The van der Waals surface area contributed by atoms with Gasteiger partial charge in [0.1, 0.15) is 0 Å². The SMILES string of the molecule is N#CCc1ccc(NC(=O)CCc2ncc(-c3ccc(Cl)cc3)o2)cc1. The molecule has 1 amide bonds. The normalized spacial score (nSPS) is 10.3. The van der Waals surface area contributed by atoms with E-state index in [0.717, 1.165) is 11.1 Å². The van der Waals surface area contributed by atoms with Gasteiger partial charge in [0.15, 0.2) is 11.7 Å². The number of carbonyl (C=O) groups excluding carboxylic acids is 1. The molecule has 0 aliphatic heterocycles. The van der Waals surface area contributed by atoms with Crippen LogP contribution in [0.25, 0.3) is 11.3 Å². The lowest BCUT2D eigenvalue weighted by molar-refractivity contribution is -0.116. The van der Waals surface area contributed by atoms with E-state index in [-0.39, 0.29) is 12.3 Å². The van der Waals surface area contributed by atoms with Crippen LogP contribution >= 0.6 is 11.6 Å². The summed E-state index contributed by atoms with van der Waals surface area (Å²) in [5.41, 5.74) is 2.50. The quantitative estimate of drug-likeness (QED) is 0.690. The van der Waals surface area contributed by atoms with Crippen molar-refractivity contribution in [2.75, 3.05) is 5.32 Å². The summed E-state index contributed by atoms with van der Waals surface area (Å²) in [6.07, 6.45) is 2.67. The van der Waals surface area contributed by atoms with Crippen LogP contribution in [0.4, 0.5) is 5.69 Å². The zero-order chi connectivity index (χ0) is 18.4. The molecule has 0 atom stereocenters. The van der Waals surface area contributed by atoms with Gasteiger partial charge in [-0.25, -0.2) is 4.98 Å². The van der Waals surface area contributed by atoms with Gasteiger partial charge >= 0.3 is 0 Å². The van der Waals surface area contributed by atoms with Gasteiger partial charge in [-0.3, -0.25) is 4.79 Å². The zero-order valence-corrected chi connectivity index (χ0v) is 14.7. The maximum Gasteiger partial charge on any atom is 0.224 e. The van der Waals surface area contributed by atoms with Crippen molar-refractivity contribution in [2.45, 2.75) is 19.3 Å². The second-order valence-electron chi connectivity index (χ2n) is 5.71. The second kappa shape index (κ2) is 8.32. The summed E-state index contributed by atoms with van der Waals surface area (Å²) < 4.78 is 5.69. The summed E-state index contributed by atoms with van der Waals surface area (Å²) in [5.74, 6) is 1.03. The number of nitrogens with one attached hydrogen (secondary N) is 1. The number of nitriles is 1. The van der Waals surface area contributed by atoms with Gasteiger partial charge in [-0.2, -0.15) is 5.26 Å². The fourth-order valence-electron chi connectivity index (χ4n) is 2.41. The van der Waals surface area contributed by atoms with E-state index in [2.05, 4.69) is 16.4 Å². The van der Waals surface area contributed by atoms with Crippen LogP contribution < -0.4 is 5.32 Å². The summed E-state index contributed by atoms with van der Waals surface area (Å²) >= 11 is 5.87. The Morgan fingerprint density at radius 2 is 1.88 bits per heavy atom. The number of nitrogens with zero attached hydrogens (tertiary/aromatic N) is 2. The van der Waals surface area contributed by atoms with E-state index in [9.17, 15) is 4.79 Å². The lowest BCUT2D eigenvalue weighted by atomic mass is 10.1. The van der Waals surface area contributed by atoms with Crippen molar-refractivity contribution in [3.63, 3.8) is 0 Å². The minimum absolute atomic E-state index is 0.121. The summed E-state index contributed by atoms with van der Waals surface area (Å²) in [6, 6.07) is 16.6. The van der Waals surface area contributed by atoms with Crippen LogP contribution in [-0.4, -0.2) is 10.9 Å². The molecule has 0 saturated heterocycles. The zero-order valence-electron chi connectivity index (χ0n) is 13.9. The molecule has 1 N–H and O–H groups in total. The van der Waals surface area contributed by atoms with Gasteiger partial charge in [0.25, 0.3) is 0 Å². The van der Waals surface area contributed by atoms with Crippen LogP contribution in [0, 0.1) is 11.3 Å². The van der Waals surface area contributed by atoms with Gasteiger partial charge in [0.05, 0.1) is 18.7 Å². The Morgan fingerprint density at radius 3 is 2.58 bits per heavy atom. The van der Waals surface area contributed by atoms with Gasteiger partial charge in [-0.15, -0.1) is 0 Å². The number of aromatic nitrogens is 1. The predicted molar refractivity (Wildman–Crippen MR) is 99.7 cm³/mol. The summed E-state index contributed by atoms with van der Waals surface area (Å²) in [5, 5.41) is 12.1. The maximum absolute atomic E-state index is 12.1. The van der Waals surface area contributed by atoms with E-state index in [1.807, 2.05) is 24.3 Å². The van der Waals surface area contributed by atoms with Crippen LogP contribution in [0.3, 0.4) is 0 Å². The molecule has 0 saturated carbocycles. The summed E-state index contributed by atoms with van der Waals surface area (Å²) in [7, 11) is 0. The van der Waals surface area contributed by atoms with E-state index in [0.29, 0.717) is 35.2 Å². The molecule has 0 spiro atoms. The molecule has 6 heteroatoms. The lowest BCUT2D eigenvalue weighted by Gasteiger charge is -2.05. The Morgan fingerprint density at radius 1 is 1.15 bits per heavy atom. The third-order valence-corrected chi connectivity index (χ3v) is 4.02. The van der Waals surface area contributed by atoms with Crippen LogP contribution in [0.2, 0.25) is 5.02 Å². The van der Waals surface area contributed by atoms with E-state index in [1.54, 1.807) is 30.5 Å². The number of benzene rings is 2. The molecule has 0 aliphatic carbocycles. The van der Waals surface area contributed by atoms with Crippen LogP contribution in [0.1, 0.15) is 17.9 Å². The van der Waals surface area contributed by atoms with Gasteiger partial charge in [-0.05, 0) is 42.0 Å². The first-order valence-corrected chi connectivity index (χ1v) is 8.48. The van der Waals surface area contributed by atoms with Gasteiger partial charge < -0.3 is 9.73 Å². The molecule has 5 nitrogen and oxygen atoms in total. The van der Waals surface area contributed by atoms with Crippen molar-refractivity contribution in [3.05, 3.63) is 71.2 Å². The van der Waals surface area contributed by atoms with Crippen LogP contribution in [0.5, 0.6) is 0 Å². The molecule has 0 bridgehead atoms. The number of anilines is 1. The second-order valence-corrected chi connectivity index (χ2v) is 6.14. The molecule has 3 rings (SSSR count). The van der Waals surface area contributed by atoms with Crippen molar-refractivity contribution in [3.8, 4) is 17.4 Å². The molecule has 1 aromatic heterocycles. The Kier molecular flexibility index (Phi) is 5.67. The molecule has 0 fully saturated rings. The van der Waals surface area contributed by atoms with Gasteiger partial charge in [0.2, 0.25) is 5.91 Å². The minimum atomic E-state index is -0.121. The molecule has 0 radical (unpaired) electrons. The molecule has 130 valence electrons. The lowest BCUT2D eigenvalue weighted by Crippen LogP contribution is -2.12. The topological polar surface area (TPSA) is 78.9 Å². The van der Waals surface area contributed by atoms with Gasteiger partial charge in [0, 0.05) is 29.1 Å². The third kappa shape index (κ3) is 4.71. The number of halogens is 1. The van der Waals surface area contributed by atoms with Crippen molar-refractivity contribution < 1.29 is 9.21 Å². The Bertz CT molecular complexity index is 925. The third-order valence-electron chi connectivity index (χ3n) is 3.77. The maximum atomic E-state index is 12.1. The number of amides is 1. The minimum Gasteiger partial charge on any atom is -0.441 e. The highest BCUT2D eigenvalue weighted by Crippen LogP contribution is 2.22. The molecule has 1 heterocycles. The first-order chi connectivity index (χ1) is 12.6. The van der Waals surface area contributed by atoms with E-state index >= 15 is 0 Å². The number of oxazole rings is 1. The first kappa shape index (κ1) is 17.7.